The smallest absolute Gasteiger partial charge is 0.0591 e. The Morgan fingerprint density at radius 3 is 3.05 bits per heavy atom. The molecule has 1 aliphatic rings. The summed E-state index contributed by atoms with van der Waals surface area (Å²) in [7, 11) is 0. The minimum atomic E-state index is 0.435. The molecule has 106 valence electrons. The lowest BCUT2D eigenvalue weighted by Crippen LogP contribution is -2.35. The van der Waals surface area contributed by atoms with Crippen LogP contribution in [0, 0.1) is 0 Å². The number of rotatable bonds is 7. The summed E-state index contributed by atoms with van der Waals surface area (Å²) in [5.74, 6) is 0. The Morgan fingerprint density at radius 2 is 2.42 bits per heavy atom. The van der Waals surface area contributed by atoms with Gasteiger partial charge in [0.2, 0.25) is 0 Å². The van der Waals surface area contributed by atoms with E-state index in [0.717, 1.165) is 42.6 Å². The van der Waals surface area contributed by atoms with Gasteiger partial charge in [0, 0.05) is 35.4 Å². The Labute approximate surface area is 124 Å². The van der Waals surface area contributed by atoms with Crippen LogP contribution >= 0.6 is 15.9 Å². The molecular formula is C15H23BrN2O. The van der Waals surface area contributed by atoms with Crippen LogP contribution in [-0.2, 0) is 11.2 Å². The molecule has 1 aliphatic heterocycles. The van der Waals surface area contributed by atoms with Crippen LogP contribution in [0.25, 0.3) is 0 Å². The van der Waals surface area contributed by atoms with Gasteiger partial charge < -0.3 is 10.1 Å². The van der Waals surface area contributed by atoms with Crippen LogP contribution in [0.2, 0.25) is 0 Å². The molecule has 1 N–H and O–H groups in total. The summed E-state index contributed by atoms with van der Waals surface area (Å²) in [5, 5.41) is 3.63. The Kier molecular flexibility index (Phi) is 6.28. The van der Waals surface area contributed by atoms with E-state index in [2.05, 4.69) is 45.3 Å². The van der Waals surface area contributed by atoms with Crippen molar-refractivity contribution in [1.29, 1.82) is 0 Å². The van der Waals surface area contributed by atoms with Crippen LogP contribution in [0.1, 0.15) is 38.3 Å². The monoisotopic (exact) mass is 326 g/mol. The van der Waals surface area contributed by atoms with Crippen molar-refractivity contribution in [3.05, 3.63) is 28.5 Å². The first kappa shape index (κ1) is 14.9. The third kappa shape index (κ3) is 5.21. The number of nitrogens with zero attached hydrogens (tertiary/aromatic N) is 1. The van der Waals surface area contributed by atoms with E-state index in [1.165, 1.54) is 12.8 Å². The van der Waals surface area contributed by atoms with Gasteiger partial charge in [0.15, 0.2) is 0 Å². The number of hydrogen-bond donors (Lipinski definition) is 1. The molecule has 0 amide bonds. The van der Waals surface area contributed by atoms with Crippen molar-refractivity contribution in [1.82, 2.24) is 10.3 Å². The molecule has 4 heteroatoms. The van der Waals surface area contributed by atoms with E-state index in [0.29, 0.717) is 12.1 Å². The molecule has 2 rings (SSSR count). The van der Waals surface area contributed by atoms with Gasteiger partial charge in [0.1, 0.15) is 0 Å². The molecule has 1 fully saturated rings. The van der Waals surface area contributed by atoms with E-state index < -0.39 is 0 Å². The number of nitrogens with one attached hydrogen (secondary N) is 1. The second kappa shape index (κ2) is 7.98. The van der Waals surface area contributed by atoms with Crippen molar-refractivity contribution >= 4 is 15.9 Å². The van der Waals surface area contributed by atoms with Crippen LogP contribution in [0.15, 0.2) is 22.8 Å². The molecule has 2 unspecified atom stereocenters. The fourth-order valence-corrected chi connectivity index (χ4v) is 2.75. The molecule has 0 bridgehead atoms. The molecule has 0 aromatic carbocycles. The van der Waals surface area contributed by atoms with Gasteiger partial charge >= 0.3 is 0 Å². The summed E-state index contributed by atoms with van der Waals surface area (Å²) < 4.78 is 6.79. The van der Waals surface area contributed by atoms with Crippen LogP contribution in [0.5, 0.6) is 0 Å². The first-order chi connectivity index (χ1) is 9.28. The topological polar surface area (TPSA) is 34.2 Å². The van der Waals surface area contributed by atoms with Gasteiger partial charge in [0.25, 0.3) is 0 Å². The van der Waals surface area contributed by atoms with E-state index >= 15 is 0 Å². The SMILES string of the molecule is CCCNC(Cc1ccc(Br)cn1)CC1CCCO1. The zero-order chi connectivity index (χ0) is 13.5. The van der Waals surface area contributed by atoms with Gasteiger partial charge in [-0.15, -0.1) is 0 Å². The number of pyridine rings is 1. The Balaban J connectivity index is 1.89. The Hall–Kier alpha value is -0.450. The maximum absolute atomic E-state index is 5.75. The highest BCUT2D eigenvalue weighted by atomic mass is 79.9. The molecule has 0 spiro atoms. The Bertz CT molecular complexity index is 363. The van der Waals surface area contributed by atoms with E-state index in [1.54, 1.807) is 0 Å². The molecule has 2 heterocycles. The maximum atomic E-state index is 5.75. The molecule has 0 radical (unpaired) electrons. The van der Waals surface area contributed by atoms with Gasteiger partial charge in [-0.05, 0) is 60.3 Å². The highest BCUT2D eigenvalue weighted by Gasteiger charge is 2.21. The largest absolute Gasteiger partial charge is 0.378 e. The maximum Gasteiger partial charge on any atom is 0.0591 e. The van der Waals surface area contributed by atoms with Crippen molar-refractivity contribution in [3.8, 4) is 0 Å². The molecule has 1 saturated heterocycles. The minimum absolute atomic E-state index is 0.435. The average Bonchev–Trinajstić information content (AvgIpc) is 2.91. The summed E-state index contributed by atoms with van der Waals surface area (Å²) in [6.07, 6.45) is 7.96. The first-order valence-electron chi connectivity index (χ1n) is 7.23. The summed E-state index contributed by atoms with van der Waals surface area (Å²) >= 11 is 3.43. The number of halogens is 1. The lowest BCUT2D eigenvalue weighted by molar-refractivity contribution is 0.0945. The highest BCUT2D eigenvalue weighted by Crippen LogP contribution is 2.19. The normalized spacial score (nSPS) is 20.6. The molecule has 0 aliphatic carbocycles. The molecular weight excluding hydrogens is 304 g/mol. The second-order valence-corrected chi connectivity index (χ2v) is 6.11. The fraction of sp³-hybridized carbons (Fsp3) is 0.667. The zero-order valence-corrected chi connectivity index (χ0v) is 13.2. The van der Waals surface area contributed by atoms with Gasteiger partial charge in [0.05, 0.1) is 6.10 Å². The Morgan fingerprint density at radius 1 is 1.53 bits per heavy atom. The van der Waals surface area contributed by atoms with Crippen molar-refractivity contribution in [2.24, 2.45) is 0 Å². The molecule has 0 saturated carbocycles. The van der Waals surface area contributed by atoms with Gasteiger partial charge in [-0.3, -0.25) is 4.98 Å². The standard InChI is InChI=1S/C15H23BrN2O/c1-2-7-17-14(10-15-4-3-8-19-15)9-13-6-5-12(16)11-18-13/h5-6,11,14-15,17H,2-4,7-10H2,1H3. The minimum Gasteiger partial charge on any atom is -0.378 e. The van der Waals surface area contributed by atoms with Crippen molar-refractivity contribution in [2.75, 3.05) is 13.2 Å². The predicted octanol–water partition coefficient (Wildman–Crippen LogP) is 3.32. The molecule has 2 atom stereocenters. The third-order valence-corrected chi connectivity index (χ3v) is 3.97. The zero-order valence-electron chi connectivity index (χ0n) is 11.6. The van der Waals surface area contributed by atoms with E-state index in [9.17, 15) is 0 Å². The predicted molar refractivity (Wildman–Crippen MR) is 81.3 cm³/mol. The van der Waals surface area contributed by atoms with Crippen molar-refractivity contribution < 1.29 is 4.74 Å². The number of aromatic nitrogens is 1. The van der Waals surface area contributed by atoms with E-state index in [1.807, 2.05) is 6.20 Å². The van der Waals surface area contributed by atoms with Gasteiger partial charge in [-0.25, -0.2) is 0 Å². The van der Waals surface area contributed by atoms with Crippen molar-refractivity contribution in [3.63, 3.8) is 0 Å². The van der Waals surface area contributed by atoms with Crippen LogP contribution in [0.3, 0.4) is 0 Å². The van der Waals surface area contributed by atoms with Crippen molar-refractivity contribution in [2.45, 2.75) is 51.2 Å². The summed E-state index contributed by atoms with van der Waals surface area (Å²) in [5.41, 5.74) is 1.15. The number of hydrogen-bond acceptors (Lipinski definition) is 3. The molecule has 19 heavy (non-hydrogen) atoms. The highest BCUT2D eigenvalue weighted by molar-refractivity contribution is 9.10. The summed E-state index contributed by atoms with van der Waals surface area (Å²) in [6.45, 7) is 4.20. The first-order valence-corrected chi connectivity index (χ1v) is 8.02. The van der Waals surface area contributed by atoms with E-state index in [4.69, 9.17) is 4.74 Å². The van der Waals surface area contributed by atoms with Crippen LogP contribution in [0.4, 0.5) is 0 Å². The van der Waals surface area contributed by atoms with E-state index in [-0.39, 0.29) is 0 Å². The van der Waals surface area contributed by atoms with Gasteiger partial charge in [-0.1, -0.05) is 6.92 Å². The molecule has 1 aromatic rings. The lowest BCUT2D eigenvalue weighted by atomic mass is 10.0. The average molecular weight is 327 g/mol. The van der Waals surface area contributed by atoms with Crippen LogP contribution < -0.4 is 5.32 Å². The quantitative estimate of drug-likeness (QED) is 0.834. The van der Waals surface area contributed by atoms with Gasteiger partial charge in [-0.2, -0.15) is 0 Å². The molecule has 3 nitrogen and oxygen atoms in total. The lowest BCUT2D eigenvalue weighted by Gasteiger charge is -2.21. The number of ether oxygens (including phenoxy) is 1. The molecule has 1 aromatic heterocycles. The fourth-order valence-electron chi connectivity index (χ4n) is 2.51. The second-order valence-electron chi connectivity index (χ2n) is 5.19. The third-order valence-electron chi connectivity index (χ3n) is 3.50. The summed E-state index contributed by atoms with van der Waals surface area (Å²) in [6, 6.07) is 4.63. The summed E-state index contributed by atoms with van der Waals surface area (Å²) in [4.78, 5) is 4.47. The van der Waals surface area contributed by atoms with Crippen LogP contribution in [-0.4, -0.2) is 30.3 Å².